The molecule has 0 fully saturated rings. The zero-order chi connectivity index (χ0) is 21.8. The smallest absolute Gasteiger partial charge is 0.251 e. The summed E-state index contributed by atoms with van der Waals surface area (Å²) < 4.78 is 5.81. The first-order valence-corrected chi connectivity index (χ1v) is 9.68. The van der Waals surface area contributed by atoms with Crippen molar-refractivity contribution in [3.8, 4) is 22.9 Å². The SMILES string of the molecule is Cc1ccccc1-c1nnc(-c2ccc(C(=O)NCc3ccc(C(N)=O)cc3)cc2)o1. The van der Waals surface area contributed by atoms with Gasteiger partial charge in [0.15, 0.2) is 0 Å². The molecule has 1 heterocycles. The number of hydrogen-bond donors (Lipinski definition) is 2. The average Bonchev–Trinajstić information content (AvgIpc) is 3.28. The Hall–Kier alpha value is -4.26. The topological polar surface area (TPSA) is 111 Å². The van der Waals surface area contributed by atoms with Crippen LogP contribution in [0.3, 0.4) is 0 Å². The molecule has 0 atom stereocenters. The number of benzene rings is 3. The number of nitrogens with one attached hydrogen (secondary N) is 1. The second-order valence-electron chi connectivity index (χ2n) is 7.05. The van der Waals surface area contributed by atoms with E-state index in [1.54, 1.807) is 48.5 Å². The zero-order valence-electron chi connectivity index (χ0n) is 16.8. The lowest BCUT2D eigenvalue weighted by Crippen LogP contribution is -2.22. The van der Waals surface area contributed by atoms with Crippen LogP contribution in [0.1, 0.15) is 31.8 Å². The van der Waals surface area contributed by atoms with Crippen LogP contribution in [0.25, 0.3) is 22.9 Å². The fraction of sp³-hybridized carbons (Fsp3) is 0.0833. The van der Waals surface area contributed by atoms with Crippen molar-refractivity contribution in [2.24, 2.45) is 5.73 Å². The van der Waals surface area contributed by atoms with Crippen LogP contribution in [-0.4, -0.2) is 22.0 Å². The molecular formula is C24H20N4O3. The lowest BCUT2D eigenvalue weighted by atomic mass is 10.1. The quantitative estimate of drug-likeness (QED) is 0.501. The van der Waals surface area contributed by atoms with Crippen molar-refractivity contribution in [1.82, 2.24) is 15.5 Å². The van der Waals surface area contributed by atoms with E-state index in [4.69, 9.17) is 10.2 Å². The van der Waals surface area contributed by atoms with Crippen LogP contribution in [0.4, 0.5) is 0 Å². The van der Waals surface area contributed by atoms with Crippen molar-refractivity contribution in [1.29, 1.82) is 0 Å². The Kier molecular flexibility index (Phi) is 5.57. The van der Waals surface area contributed by atoms with Crippen LogP contribution in [0.15, 0.2) is 77.2 Å². The zero-order valence-corrected chi connectivity index (χ0v) is 16.8. The number of nitrogens with two attached hydrogens (primary N) is 1. The third kappa shape index (κ3) is 4.51. The van der Waals surface area contributed by atoms with Gasteiger partial charge in [-0.3, -0.25) is 9.59 Å². The summed E-state index contributed by atoms with van der Waals surface area (Å²) in [6.45, 7) is 2.32. The highest BCUT2D eigenvalue weighted by Gasteiger charge is 2.13. The largest absolute Gasteiger partial charge is 0.416 e. The van der Waals surface area contributed by atoms with Crippen LogP contribution >= 0.6 is 0 Å². The van der Waals surface area contributed by atoms with Crippen molar-refractivity contribution in [3.05, 3.63) is 95.1 Å². The summed E-state index contributed by atoms with van der Waals surface area (Å²) >= 11 is 0. The van der Waals surface area contributed by atoms with Gasteiger partial charge in [-0.25, -0.2) is 0 Å². The highest BCUT2D eigenvalue weighted by Crippen LogP contribution is 2.26. The molecule has 0 aliphatic rings. The molecule has 0 saturated carbocycles. The Balaban J connectivity index is 1.41. The number of aryl methyl sites for hydroxylation is 1. The lowest BCUT2D eigenvalue weighted by molar-refractivity contribution is 0.0949. The number of hydrogen-bond acceptors (Lipinski definition) is 5. The van der Waals surface area contributed by atoms with E-state index in [9.17, 15) is 9.59 Å². The van der Waals surface area contributed by atoms with Gasteiger partial charge in [-0.1, -0.05) is 30.3 Å². The molecule has 0 aliphatic carbocycles. The summed E-state index contributed by atoms with van der Waals surface area (Å²) in [6, 6.07) is 21.5. The Morgan fingerprint density at radius 3 is 2.19 bits per heavy atom. The van der Waals surface area contributed by atoms with Crippen molar-refractivity contribution in [2.75, 3.05) is 0 Å². The first-order valence-electron chi connectivity index (χ1n) is 9.68. The molecule has 1 aromatic heterocycles. The maximum absolute atomic E-state index is 12.4. The number of primary amides is 1. The Labute approximate surface area is 178 Å². The highest BCUT2D eigenvalue weighted by atomic mass is 16.4. The predicted molar refractivity (Wildman–Crippen MR) is 116 cm³/mol. The van der Waals surface area contributed by atoms with E-state index < -0.39 is 5.91 Å². The summed E-state index contributed by atoms with van der Waals surface area (Å²) in [5.41, 5.74) is 9.70. The van der Waals surface area contributed by atoms with E-state index >= 15 is 0 Å². The van der Waals surface area contributed by atoms with Crippen molar-refractivity contribution in [2.45, 2.75) is 13.5 Å². The van der Waals surface area contributed by atoms with E-state index in [2.05, 4.69) is 15.5 Å². The first kappa shape index (κ1) is 20.0. The number of carbonyl (C=O) groups is 2. The molecule has 0 spiro atoms. The van der Waals surface area contributed by atoms with Crippen LogP contribution in [0.5, 0.6) is 0 Å². The van der Waals surface area contributed by atoms with Crippen LogP contribution in [0, 0.1) is 6.92 Å². The second-order valence-corrected chi connectivity index (χ2v) is 7.05. The Bertz CT molecular complexity index is 1230. The van der Waals surface area contributed by atoms with Crippen molar-refractivity contribution in [3.63, 3.8) is 0 Å². The summed E-state index contributed by atoms with van der Waals surface area (Å²) in [6.07, 6.45) is 0. The van der Waals surface area contributed by atoms with Crippen LogP contribution in [-0.2, 0) is 6.54 Å². The molecule has 0 saturated heterocycles. The highest BCUT2D eigenvalue weighted by molar-refractivity contribution is 5.94. The monoisotopic (exact) mass is 412 g/mol. The molecule has 7 nitrogen and oxygen atoms in total. The molecular weight excluding hydrogens is 392 g/mol. The minimum Gasteiger partial charge on any atom is -0.416 e. The molecule has 4 aromatic rings. The van der Waals surface area contributed by atoms with Crippen LogP contribution in [0.2, 0.25) is 0 Å². The molecule has 154 valence electrons. The third-order valence-corrected chi connectivity index (χ3v) is 4.89. The molecule has 31 heavy (non-hydrogen) atoms. The van der Waals surface area contributed by atoms with Gasteiger partial charge in [-0.15, -0.1) is 10.2 Å². The van der Waals surface area contributed by atoms with E-state index in [1.165, 1.54) is 0 Å². The second kappa shape index (κ2) is 8.62. The van der Waals surface area contributed by atoms with Gasteiger partial charge < -0.3 is 15.5 Å². The van der Waals surface area contributed by atoms with Gasteiger partial charge in [0.2, 0.25) is 17.7 Å². The van der Waals surface area contributed by atoms with E-state index in [-0.39, 0.29) is 5.91 Å². The molecule has 3 N–H and O–H groups in total. The summed E-state index contributed by atoms with van der Waals surface area (Å²) in [5.74, 6) is 0.150. The Morgan fingerprint density at radius 1 is 0.871 bits per heavy atom. The standard InChI is InChI=1S/C24H20N4O3/c1-15-4-2-3-5-20(15)24-28-27-23(31-24)19-12-10-18(11-13-19)22(30)26-14-16-6-8-17(9-7-16)21(25)29/h2-13H,14H2,1H3,(H2,25,29)(H,26,30). The Morgan fingerprint density at radius 2 is 1.52 bits per heavy atom. The predicted octanol–water partition coefficient (Wildman–Crippen LogP) is 3.74. The number of nitrogens with zero attached hydrogens (tertiary/aromatic N) is 2. The van der Waals surface area contributed by atoms with E-state index in [1.807, 2.05) is 31.2 Å². The summed E-state index contributed by atoms with van der Waals surface area (Å²) in [7, 11) is 0. The average molecular weight is 412 g/mol. The van der Waals surface area contributed by atoms with Gasteiger partial charge in [-0.2, -0.15) is 0 Å². The molecule has 4 rings (SSSR count). The normalized spacial score (nSPS) is 10.6. The maximum atomic E-state index is 12.4. The van der Waals surface area contributed by atoms with Gasteiger partial charge in [0, 0.05) is 28.8 Å². The summed E-state index contributed by atoms with van der Waals surface area (Å²) in [4.78, 5) is 23.6. The van der Waals surface area contributed by atoms with E-state index in [0.29, 0.717) is 29.5 Å². The lowest BCUT2D eigenvalue weighted by Gasteiger charge is -2.06. The van der Waals surface area contributed by atoms with Gasteiger partial charge in [-0.05, 0) is 60.5 Å². The fourth-order valence-corrected chi connectivity index (χ4v) is 3.10. The first-order chi connectivity index (χ1) is 15.0. The number of rotatable bonds is 6. The van der Waals surface area contributed by atoms with Gasteiger partial charge in [0.25, 0.3) is 5.91 Å². The molecule has 7 heteroatoms. The molecule has 2 amide bonds. The number of carbonyl (C=O) groups excluding carboxylic acids is 2. The van der Waals surface area contributed by atoms with Gasteiger partial charge in [0.1, 0.15) is 0 Å². The molecule has 0 bridgehead atoms. The van der Waals surface area contributed by atoms with Gasteiger partial charge in [0.05, 0.1) is 0 Å². The molecule has 0 radical (unpaired) electrons. The van der Waals surface area contributed by atoms with Crippen molar-refractivity contribution >= 4 is 11.8 Å². The number of amides is 2. The molecule has 3 aromatic carbocycles. The van der Waals surface area contributed by atoms with E-state index in [0.717, 1.165) is 22.3 Å². The minimum atomic E-state index is -0.483. The molecule has 0 aliphatic heterocycles. The summed E-state index contributed by atoms with van der Waals surface area (Å²) in [5, 5.41) is 11.1. The van der Waals surface area contributed by atoms with Crippen molar-refractivity contribution < 1.29 is 14.0 Å². The fourth-order valence-electron chi connectivity index (χ4n) is 3.10. The third-order valence-electron chi connectivity index (χ3n) is 4.89. The molecule has 0 unspecified atom stereocenters. The maximum Gasteiger partial charge on any atom is 0.251 e. The number of aromatic nitrogens is 2. The minimum absolute atomic E-state index is 0.211. The van der Waals surface area contributed by atoms with Gasteiger partial charge >= 0.3 is 0 Å². The van der Waals surface area contributed by atoms with Crippen LogP contribution < -0.4 is 11.1 Å².